The minimum absolute atomic E-state index is 0.0248. The van der Waals surface area contributed by atoms with Crippen LogP contribution in [0.15, 0.2) is 61.1 Å². The van der Waals surface area contributed by atoms with E-state index in [2.05, 4.69) is 15.3 Å². The minimum atomic E-state index is -2.90. The molecule has 1 aromatic carbocycles. The van der Waals surface area contributed by atoms with Gasteiger partial charge in [0, 0.05) is 37.6 Å². The van der Waals surface area contributed by atoms with Crippen molar-refractivity contribution in [1.82, 2.24) is 20.5 Å². The molecule has 1 aliphatic heterocycles. The summed E-state index contributed by atoms with van der Waals surface area (Å²) in [5, 5.41) is 27.7. The van der Waals surface area contributed by atoms with E-state index in [9.17, 15) is 33.2 Å². The summed E-state index contributed by atoms with van der Waals surface area (Å²) in [4.78, 5) is 36.0. The van der Waals surface area contributed by atoms with Crippen LogP contribution in [0.25, 0.3) is 0 Å². The van der Waals surface area contributed by atoms with Gasteiger partial charge in [0.15, 0.2) is 0 Å². The van der Waals surface area contributed by atoms with Crippen molar-refractivity contribution in [2.45, 2.75) is 56.8 Å². The van der Waals surface area contributed by atoms with E-state index in [1.807, 2.05) is 6.07 Å². The lowest BCUT2D eigenvalue weighted by molar-refractivity contribution is -0.131. The Balaban J connectivity index is 1.60. The molecule has 0 unspecified atom stereocenters. The second-order valence-corrected chi connectivity index (χ2v) is 10.0. The second-order valence-electron chi connectivity index (χ2n) is 10.0. The Kier molecular flexibility index (Phi) is 7.61. The molecule has 2 fully saturated rings. The molecular formula is C28H25F3N7O3-. The van der Waals surface area contributed by atoms with Crippen molar-refractivity contribution in [2.24, 2.45) is 0 Å². The van der Waals surface area contributed by atoms with Gasteiger partial charge in [0.2, 0.25) is 11.8 Å². The molecule has 0 bridgehead atoms. The largest absolute Gasteiger partial charge is 0.766 e. The first-order valence-corrected chi connectivity index (χ1v) is 12.9. The van der Waals surface area contributed by atoms with Crippen molar-refractivity contribution < 1.29 is 22.8 Å². The number of rotatable bonds is 8. The first-order chi connectivity index (χ1) is 19.6. The molecule has 41 heavy (non-hydrogen) atoms. The van der Waals surface area contributed by atoms with Crippen LogP contribution < -0.4 is 15.2 Å². The highest BCUT2D eigenvalue weighted by molar-refractivity contribution is 5.95. The van der Waals surface area contributed by atoms with Crippen LogP contribution in [0.1, 0.15) is 48.4 Å². The van der Waals surface area contributed by atoms with Crippen LogP contribution in [-0.4, -0.2) is 45.1 Å². The smallest absolute Gasteiger partial charge is 0.252 e. The number of aryl methyl sites for hydroxylation is 1. The summed E-state index contributed by atoms with van der Waals surface area (Å²) in [7, 11) is 0. The van der Waals surface area contributed by atoms with Gasteiger partial charge in [-0.15, -0.1) is 0 Å². The lowest BCUT2D eigenvalue weighted by atomic mass is 9.87. The Morgan fingerprint density at radius 2 is 2.00 bits per heavy atom. The van der Waals surface area contributed by atoms with E-state index >= 15 is 0 Å². The van der Waals surface area contributed by atoms with Crippen molar-refractivity contribution in [1.29, 1.82) is 5.26 Å². The SMILES string of the molecule is Cc1ccccc1[C@@H](C(=O)NC1CC(F)(F)C1)N(c1cncc(F)c1)N([O-])[C@@H]1CCC(=O)N1c1cc(C#N)ccn1. The van der Waals surface area contributed by atoms with Gasteiger partial charge in [0.05, 0.1) is 35.9 Å². The lowest BCUT2D eigenvalue weighted by Gasteiger charge is -2.50. The van der Waals surface area contributed by atoms with Gasteiger partial charge >= 0.3 is 0 Å². The van der Waals surface area contributed by atoms with Crippen LogP contribution in [0.5, 0.6) is 0 Å². The molecule has 2 aliphatic rings. The molecule has 3 aromatic rings. The molecule has 1 N–H and O–H groups in total. The summed E-state index contributed by atoms with van der Waals surface area (Å²) in [5.74, 6) is -4.83. The third kappa shape index (κ3) is 5.70. The van der Waals surface area contributed by atoms with Crippen LogP contribution in [0, 0.1) is 29.3 Å². The number of anilines is 2. The maximum Gasteiger partial charge on any atom is 0.252 e. The third-order valence-corrected chi connectivity index (χ3v) is 7.14. The number of hydrogen-bond acceptors (Lipinski definition) is 8. The maximum atomic E-state index is 14.5. The molecule has 13 heteroatoms. The Bertz CT molecular complexity index is 1510. The number of carbonyl (C=O) groups excluding carboxylic acids is 2. The molecular weight excluding hydrogens is 539 g/mol. The van der Waals surface area contributed by atoms with E-state index in [1.165, 1.54) is 24.5 Å². The van der Waals surface area contributed by atoms with Crippen molar-refractivity contribution in [3.63, 3.8) is 0 Å². The van der Waals surface area contributed by atoms with Crippen LogP contribution >= 0.6 is 0 Å². The van der Waals surface area contributed by atoms with E-state index < -0.39 is 54.6 Å². The zero-order chi connectivity index (χ0) is 29.3. The minimum Gasteiger partial charge on any atom is -0.766 e. The second kappa shape index (κ2) is 11.1. The summed E-state index contributed by atoms with van der Waals surface area (Å²) in [5.41, 5.74) is 1.09. The van der Waals surface area contributed by atoms with E-state index in [-0.39, 0.29) is 29.9 Å². The number of halogens is 3. The Morgan fingerprint density at radius 1 is 1.24 bits per heavy atom. The van der Waals surface area contributed by atoms with Crippen LogP contribution in [-0.2, 0) is 9.59 Å². The molecule has 2 atom stereocenters. The highest BCUT2D eigenvalue weighted by Gasteiger charge is 2.47. The number of aromatic nitrogens is 2. The number of hydrogen-bond donors (Lipinski definition) is 1. The highest BCUT2D eigenvalue weighted by Crippen LogP contribution is 2.39. The van der Waals surface area contributed by atoms with Crippen LogP contribution in [0.3, 0.4) is 0 Å². The first kappa shape index (κ1) is 28.0. The molecule has 0 spiro atoms. The predicted molar refractivity (Wildman–Crippen MR) is 141 cm³/mol. The average Bonchev–Trinajstić information content (AvgIpc) is 3.32. The number of hydrazine groups is 1. The highest BCUT2D eigenvalue weighted by atomic mass is 19.3. The average molecular weight is 565 g/mol. The topological polar surface area (TPSA) is 129 Å². The Labute approximate surface area is 233 Å². The standard InChI is InChI=1S/C28H25F3N7O3/c1-17-4-2-3-5-22(17)26(27(40)35-20-12-28(30,31)13-20)37(21-11-19(29)15-33-16-21)38(41)24-6-7-25(39)36(24)23-10-18(14-32)8-9-34-23/h2-5,8-11,15-16,20,24,26H,6-7,12-13H2,1H3,(H,35,40)/q-1/t24-,26+/m1/s1. The van der Waals surface area contributed by atoms with E-state index in [4.69, 9.17) is 0 Å². The monoisotopic (exact) mass is 564 g/mol. The molecule has 1 saturated carbocycles. The molecule has 3 heterocycles. The lowest BCUT2D eigenvalue weighted by Crippen LogP contribution is -2.58. The van der Waals surface area contributed by atoms with Gasteiger partial charge in [-0.2, -0.15) is 5.26 Å². The quantitative estimate of drug-likeness (QED) is 0.405. The molecule has 5 rings (SSSR count). The molecule has 212 valence electrons. The maximum absolute atomic E-state index is 14.5. The van der Waals surface area contributed by atoms with Crippen molar-refractivity contribution in [3.8, 4) is 6.07 Å². The number of benzene rings is 1. The van der Waals surface area contributed by atoms with E-state index in [1.54, 1.807) is 31.2 Å². The summed E-state index contributed by atoms with van der Waals surface area (Å²) in [6, 6.07) is 10.2. The van der Waals surface area contributed by atoms with Gasteiger partial charge in [0.25, 0.3) is 5.92 Å². The van der Waals surface area contributed by atoms with Crippen LogP contribution in [0.4, 0.5) is 24.7 Å². The molecule has 10 nitrogen and oxygen atoms in total. The summed E-state index contributed by atoms with van der Waals surface area (Å²) in [6.45, 7) is 1.72. The number of amides is 2. The number of pyridine rings is 2. The van der Waals surface area contributed by atoms with E-state index in [0.29, 0.717) is 16.3 Å². The van der Waals surface area contributed by atoms with Crippen LogP contribution in [0.2, 0.25) is 0 Å². The molecule has 1 saturated heterocycles. The zero-order valence-electron chi connectivity index (χ0n) is 21.9. The molecule has 1 aliphatic carbocycles. The fourth-order valence-corrected chi connectivity index (χ4v) is 5.14. The third-order valence-electron chi connectivity index (χ3n) is 7.14. The fraction of sp³-hybridized carbons (Fsp3) is 0.321. The van der Waals surface area contributed by atoms with E-state index in [0.717, 1.165) is 22.2 Å². The fourth-order valence-electron chi connectivity index (χ4n) is 5.14. The van der Waals surface area contributed by atoms with Gasteiger partial charge < -0.3 is 10.5 Å². The van der Waals surface area contributed by atoms with Gasteiger partial charge in [-0.3, -0.25) is 29.7 Å². The van der Waals surface area contributed by atoms with Crippen molar-refractivity contribution in [2.75, 3.05) is 9.91 Å². The molecule has 2 amide bonds. The summed E-state index contributed by atoms with van der Waals surface area (Å²) in [6.07, 6.45) is 1.11. The van der Waals surface area contributed by atoms with Crippen molar-refractivity contribution >= 4 is 23.3 Å². The number of hydroxylamine groups is 1. The summed E-state index contributed by atoms with van der Waals surface area (Å²) >= 11 is 0. The number of alkyl halides is 2. The summed E-state index contributed by atoms with van der Waals surface area (Å²) < 4.78 is 41.6. The first-order valence-electron chi connectivity index (χ1n) is 12.9. The number of nitrogens with one attached hydrogen (secondary N) is 1. The van der Waals surface area contributed by atoms with Gasteiger partial charge in [-0.05, 0) is 36.6 Å². The van der Waals surface area contributed by atoms with Gasteiger partial charge in [-0.25, -0.2) is 18.2 Å². The normalized spacial score (nSPS) is 19.0. The molecule has 2 aromatic heterocycles. The predicted octanol–water partition coefficient (Wildman–Crippen LogP) is 4.13. The zero-order valence-corrected chi connectivity index (χ0v) is 21.9. The number of nitrogens with zero attached hydrogens (tertiary/aromatic N) is 6. The Morgan fingerprint density at radius 3 is 2.68 bits per heavy atom. The van der Waals surface area contributed by atoms with Gasteiger partial charge in [-0.1, -0.05) is 24.3 Å². The Hall–Kier alpha value is -4.54. The number of carbonyl (C=O) groups is 2. The molecule has 0 radical (unpaired) electrons. The number of nitriles is 1. The van der Waals surface area contributed by atoms with Crippen molar-refractivity contribution in [3.05, 3.63) is 88.8 Å². The van der Waals surface area contributed by atoms with Gasteiger partial charge in [0.1, 0.15) is 17.7 Å².